The van der Waals surface area contributed by atoms with Crippen molar-refractivity contribution in [3.63, 3.8) is 0 Å². The molecule has 16 saturated heterocycles. The number of aliphatic hydroxyl groups excluding tert-OH is 1. The third kappa shape index (κ3) is 8.98. The van der Waals surface area contributed by atoms with Gasteiger partial charge in [-0.2, -0.15) is 0 Å². The van der Waals surface area contributed by atoms with Crippen LogP contribution in [-0.2, 0) is 80.6 Å². The van der Waals surface area contributed by atoms with Gasteiger partial charge < -0.3 is 81.3 Å². The number of fused-ring (bicyclic) bond motifs is 10. The van der Waals surface area contributed by atoms with Crippen molar-refractivity contribution in [1.29, 1.82) is 0 Å². The van der Waals surface area contributed by atoms with Gasteiger partial charge in [-0.3, -0.25) is 9.59 Å². The minimum absolute atomic E-state index is 0.00942. The summed E-state index contributed by atoms with van der Waals surface area (Å²) in [5.41, 5.74) is 2.14. The van der Waals surface area contributed by atoms with E-state index in [1.165, 1.54) is 0 Å². The first-order valence-corrected chi connectivity index (χ1v) is 30.2. The highest BCUT2D eigenvalue weighted by atomic mass is 16.8. The van der Waals surface area contributed by atoms with Crippen LogP contribution in [-0.4, -0.2) is 186 Å². The highest BCUT2D eigenvalue weighted by molar-refractivity contribution is 5.70. The number of ether oxygens (including phenoxy) is 15. The molecule has 0 aromatic heterocycles. The third-order valence-electron chi connectivity index (χ3n) is 21.6. The van der Waals surface area contributed by atoms with Gasteiger partial charge in [0, 0.05) is 63.7 Å². The predicted molar refractivity (Wildman–Crippen MR) is 268 cm³/mol. The monoisotopic (exact) mass is 1090 g/mol. The molecule has 0 aromatic rings. The van der Waals surface area contributed by atoms with Gasteiger partial charge in [-0.1, -0.05) is 40.9 Å². The number of carboxylic acid groups (broad SMARTS) is 1. The maximum Gasteiger partial charge on any atom is 0.308 e. The fourth-order valence-corrected chi connectivity index (χ4v) is 18.0. The molecule has 16 heterocycles. The van der Waals surface area contributed by atoms with Gasteiger partial charge in [0.1, 0.15) is 36.6 Å². The second kappa shape index (κ2) is 19.4. The fourth-order valence-electron chi connectivity index (χ4n) is 18.0. The van der Waals surface area contributed by atoms with Crippen molar-refractivity contribution in [2.75, 3.05) is 0 Å². The van der Waals surface area contributed by atoms with Gasteiger partial charge >= 0.3 is 11.9 Å². The van der Waals surface area contributed by atoms with Crippen molar-refractivity contribution >= 4 is 11.9 Å². The average Bonchev–Trinajstić information content (AvgIpc) is 4.25. The van der Waals surface area contributed by atoms with Crippen molar-refractivity contribution in [3.8, 4) is 0 Å². The Kier molecular flexibility index (Phi) is 13.1. The summed E-state index contributed by atoms with van der Waals surface area (Å²) in [6.45, 7) is 17.7. The van der Waals surface area contributed by atoms with E-state index in [1.807, 2.05) is 0 Å². The number of esters is 1. The second-order valence-corrected chi connectivity index (χ2v) is 27.1. The minimum Gasteiger partial charge on any atom is -0.481 e. The molecule has 78 heavy (non-hydrogen) atoms. The van der Waals surface area contributed by atoms with Gasteiger partial charge in [0.2, 0.25) is 0 Å². The van der Waals surface area contributed by atoms with E-state index in [0.717, 1.165) is 43.3 Å². The quantitative estimate of drug-likeness (QED) is 0.252. The minimum atomic E-state index is -1.00. The van der Waals surface area contributed by atoms with Crippen LogP contribution < -0.4 is 0 Å². The Morgan fingerprint density at radius 3 is 2.03 bits per heavy atom. The summed E-state index contributed by atoms with van der Waals surface area (Å²) in [5.74, 6) is -3.99. The molecule has 31 atom stereocenters. The van der Waals surface area contributed by atoms with Crippen LogP contribution >= 0.6 is 0 Å². The summed E-state index contributed by atoms with van der Waals surface area (Å²) in [6, 6.07) is 0. The summed E-state index contributed by atoms with van der Waals surface area (Å²) in [5, 5.41) is 20.4. The lowest BCUT2D eigenvalue weighted by Gasteiger charge is -2.54. The molecule has 2 N–H and O–H groups in total. The molecule has 0 aromatic carbocycles. The van der Waals surface area contributed by atoms with Crippen LogP contribution in [0.1, 0.15) is 143 Å². The Labute approximate surface area is 456 Å². The molecule has 0 aliphatic carbocycles. The lowest BCUT2D eigenvalue weighted by atomic mass is 9.78. The van der Waals surface area contributed by atoms with Gasteiger partial charge in [0.25, 0.3) is 0 Å². The normalized spacial score (nSPS) is 58.0. The van der Waals surface area contributed by atoms with Crippen molar-refractivity contribution < 1.29 is 90.9 Å². The second-order valence-electron chi connectivity index (χ2n) is 27.1. The molecule has 12 bridgehead atoms. The van der Waals surface area contributed by atoms with Crippen LogP contribution in [0.2, 0.25) is 0 Å². The largest absolute Gasteiger partial charge is 0.481 e. The van der Waals surface area contributed by atoms with E-state index < -0.39 is 72.2 Å². The van der Waals surface area contributed by atoms with Crippen LogP contribution in [0.5, 0.6) is 0 Å². The van der Waals surface area contributed by atoms with E-state index in [1.54, 1.807) is 0 Å². The first kappa shape index (κ1) is 52.6. The predicted octanol–water partition coefficient (Wildman–Crippen LogP) is 5.66. The van der Waals surface area contributed by atoms with Crippen LogP contribution in [0.25, 0.3) is 0 Å². The van der Waals surface area contributed by atoms with Crippen molar-refractivity contribution in [2.24, 2.45) is 23.7 Å². The smallest absolute Gasteiger partial charge is 0.308 e. The maximum atomic E-state index is 14.6. The highest BCUT2D eigenvalue weighted by Crippen LogP contribution is 2.58. The van der Waals surface area contributed by atoms with Gasteiger partial charge in [0.05, 0.1) is 123 Å². The molecule has 16 aliphatic rings. The van der Waals surface area contributed by atoms with Crippen LogP contribution in [0.15, 0.2) is 24.3 Å². The Balaban J connectivity index is 0.661. The number of rotatable bonds is 2. The zero-order chi connectivity index (χ0) is 53.3. The highest BCUT2D eigenvalue weighted by Gasteiger charge is 2.70. The molecule has 16 rings (SSSR count). The summed E-state index contributed by atoms with van der Waals surface area (Å²) < 4.78 is 103. The zero-order valence-electron chi connectivity index (χ0n) is 45.6. The Morgan fingerprint density at radius 2 is 1.18 bits per heavy atom. The van der Waals surface area contributed by atoms with E-state index in [-0.39, 0.29) is 147 Å². The van der Waals surface area contributed by atoms with Gasteiger partial charge in [-0.25, -0.2) is 0 Å². The molecule has 19 nitrogen and oxygen atoms in total. The number of carboxylic acids is 1. The molecule has 0 saturated carbocycles. The van der Waals surface area contributed by atoms with Crippen molar-refractivity contribution in [1.82, 2.24) is 0 Å². The molecule has 16 fully saturated rings. The van der Waals surface area contributed by atoms with Crippen LogP contribution in [0.3, 0.4) is 0 Å². The first-order chi connectivity index (χ1) is 37.4. The van der Waals surface area contributed by atoms with Gasteiger partial charge in [0.15, 0.2) is 17.4 Å². The molecule has 0 amide bonds. The molecule has 3 spiro atoms. The van der Waals surface area contributed by atoms with Crippen molar-refractivity contribution in [2.45, 2.75) is 307 Å². The van der Waals surface area contributed by atoms with E-state index in [0.29, 0.717) is 64.2 Å². The number of hydrogen-bond acceptors (Lipinski definition) is 18. The number of carbonyl (C=O) groups is 2. The summed E-state index contributed by atoms with van der Waals surface area (Å²) >= 11 is 0. The molecular formula is C59H82O19. The third-order valence-corrected chi connectivity index (χ3v) is 21.6. The molecule has 0 radical (unpaired) electrons. The molecule has 15 unspecified atom stereocenters. The zero-order valence-corrected chi connectivity index (χ0v) is 45.6. The summed E-state index contributed by atoms with van der Waals surface area (Å²) in [4.78, 5) is 26.1. The van der Waals surface area contributed by atoms with E-state index in [4.69, 9.17) is 71.1 Å². The lowest BCUT2D eigenvalue weighted by Crippen LogP contribution is -2.62. The average molecular weight is 1100 g/mol. The van der Waals surface area contributed by atoms with Crippen LogP contribution in [0.4, 0.5) is 0 Å². The molecule has 432 valence electrons. The Morgan fingerprint density at radius 1 is 0.513 bits per heavy atom. The molecule has 16 aliphatic heterocycles. The van der Waals surface area contributed by atoms with E-state index in [2.05, 4.69) is 40.9 Å². The number of hydrogen-bond donors (Lipinski definition) is 2. The van der Waals surface area contributed by atoms with Crippen molar-refractivity contribution in [3.05, 3.63) is 24.3 Å². The fraction of sp³-hybridized carbons (Fsp3) is 0.898. The summed E-state index contributed by atoms with van der Waals surface area (Å²) in [6.07, 6.45) is 1.76. The summed E-state index contributed by atoms with van der Waals surface area (Å²) in [7, 11) is 0. The Bertz CT molecular complexity index is 2370. The number of aliphatic hydroxyl groups is 1. The lowest BCUT2D eigenvalue weighted by molar-refractivity contribution is -0.371. The number of carbonyl (C=O) groups excluding carboxylic acids is 1. The van der Waals surface area contributed by atoms with Crippen LogP contribution in [0, 0.1) is 23.7 Å². The standard InChI is InChI=1S/C59H82O19/c1-25-13-31-7-9-35-26(2)14-33(64-35)11-12-57-23-44-53(77-57)54-55(71-44)56(78-57)52-36(68-54)10-8-32(66-52)15-47(63)72-51-30(6)50-41(67-40(51)17-37(65-31)29(25)5)18-39-43(70-50)22-59(73-39)24-45-49(76-59)28(4)21-58(75-45)20-27(3)48-42(74-58)16-34(60)38(69-48)19-46(61)62/h25,27-28,30-45,48-56,60H,2,5,7-24H2,1,3-4,6H3,(H,61,62)/t25-,27+,28+,30+,31?,32?,33?,34-,35?,36+,37?,38?,39-,40?,41+,42?,43-,44-,45?,48?,49?,50+,51?,52+,53?,54+,55?,56?,57+,58-,59+/m1/s1. The van der Waals surface area contributed by atoms with E-state index >= 15 is 0 Å². The maximum absolute atomic E-state index is 14.6. The Hall–Kier alpha value is -2.18. The SMILES string of the molecule is C=C1CC2CC[C@@]34C[C@H]5OC6C(O3)[C@H]3OC(CC[C@@H]3O[C@H]6C5O4)CC(=O)OC3C(CC4OC(CCC1O2)C[C@@H](C)C4=C)O[C@H]1C[C@H]2O[C@@]4(CC5O[C@]6(C[C@H](C)C7OC(CC(=O)O)[C@H](O)CC7O6)C[C@H](C)C5O4)C[C@H]2O[C@H]1[C@@H]3C. The number of aliphatic carboxylic acids is 1. The first-order valence-electron chi connectivity index (χ1n) is 30.2. The van der Waals surface area contributed by atoms with Gasteiger partial charge in [-0.15, -0.1) is 0 Å². The topological polar surface area (TPSA) is 213 Å². The molecular weight excluding hydrogens is 1010 g/mol. The molecule has 19 heteroatoms. The van der Waals surface area contributed by atoms with E-state index in [9.17, 15) is 19.8 Å². The van der Waals surface area contributed by atoms with Gasteiger partial charge in [-0.05, 0) is 73.8 Å².